The number of fused-ring (bicyclic) bond motifs is 5. The van der Waals surface area contributed by atoms with Crippen molar-refractivity contribution in [3.05, 3.63) is 11.6 Å². The van der Waals surface area contributed by atoms with Crippen LogP contribution in [0.4, 0.5) is 0 Å². The molecular weight excluding hydrogens is 348 g/mol. The Morgan fingerprint density at radius 1 is 1.08 bits per heavy atom. The van der Waals surface area contributed by atoms with Crippen molar-refractivity contribution in [1.82, 2.24) is 0 Å². The summed E-state index contributed by atoms with van der Waals surface area (Å²) in [4.78, 5) is 25.0. The lowest BCUT2D eigenvalue weighted by molar-refractivity contribution is -0.132. The largest absolute Gasteiger partial charge is 0.299 e. The Hall–Kier alpha value is -0.220. The number of carbonyl (C=O) groups is 2. The molecule has 7 atom stereocenters. The second-order valence-corrected chi connectivity index (χ2v) is 11.1. The third-order valence-electron chi connectivity index (χ3n) is 8.31. The third kappa shape index (κ3) is 2.38. The maximum absolute atomic E-state index is 12.6. The predicted octanol–water partition coefficient (Wildman–Crippen LogP) is 4.77. The van der Waals surface area contributed by atoms with Crippen molar-refractivity contribution in [3.8, 4) is 0 Å². The average Bonchev–Trinajstić information content (AvgIpc) is 2.90. The minimum Gasteiger partial charge on any atom is -0.299 e. The molecule has 0 heterocycles. The summed E-state index contributed by atoms with van der Waals surface area (Å²) in [5, 5.41) is 0.840. The molecule has 0 radical (unpaired) electrons. The van der Waals surface area contributed by atoms with E-state index in [0.29, 0.717) is 46.2 Å². The van der Waals surface area contributed by atoms with E-state index in [1.165, 1.54) is 5.57 Å². The summed E-state index contributed by atoms with van der Waals surface area (Å²) in [5.74, 6) is 2.68. The van der Waals surface area contributed by atoms with Gasteiger partial charge in [-0.3, -0.25) is 9.59 Å². The quantitative estimate of drug-likeness (QED) is 0.693. The molecule has 138 valence electrons. The van der Waals surface area contributed by atoms with E-state index in [-0.39, 0.29) is 10.8 Å². The number of ketones is 2. The molecule has 0 aliphatic heterocycles. The summed E-state index contributed by atoms with van der Waals surface area (Å²) < 4.78 is 0. The maximum atomic E-state index is 12.6. The molecule has 2 nitrogen and oxygen atoms in total. The normalized spacial score (nSPS) is 49.3. The van der Waals surface area contributed by atoms with Crippen molar-refractivity contribution in [3.63, 3.8) is 0 Å². The summed E-state index contributed by atoms with van der Waals surface area (Å²) in [6.07, 6.45) is 12.3. The molecule has 0 saturated heterocycles. The van der Waals surface area contributed by atoms with E-state index in [0.717, 1.165) is 32.1 Å². The number of rotatable bonds is 2. The van der Waals surface area contributed by atoms with Crippen molar-refractivity contribution >= 4 is 35.1 Å². The van der Waals surface area contributed by atoms with Gasteiger partial charge in [0, 0.05) is 34.2 Å². The highest BCUT2D eigenvalue weighted by Gasteiger charge is 2.62. The summed E-state index contributed by atoms with van der Waals surface area (Å²) in [6.45, 7) is 4.70. The van der Waals surface area contributed by atoms with Crippen LogP contribution >= 0.6 is 23.5 Å². The van der Waals surface area contributed by atoms with Crippen molar-refractivity contribution < 1.29 is 9.59 Å². The molecule has 4 aliphatic carbocycles. The fourth-order valence-corrected chi connectivity index (χ4v) is 9.04. The molecule has 0 N–H and O–H groups in total. The third-order valence-corrected chi connectivity index (χ3v) is 10.6. The van der Waals surface area contributed by atoms with Crippen molar-refractivity contribution in [2.75, 3.05) is 12.5 Å². The van der Waals surface area contributed by atoms with Crippen LogP contribution in [0.3, 0.4) is 0 Å². The van der Waals surface area contributed by atoms with Gasteiger partial charge in [-0.25, -0.2) is 0 Å². The lowest BCUT2D eigenvalue weighted by Crippen LogP contribution is -2.57. The first-order valence-corrected chi connectivity index (χ1v) is 12.3. The first-order valence-electron chi connectivity index (χ1n) is 9.70. The Labute approximate surface area is 160 Å². The van der Waals surface area contributed by atoms with Gasteiger partial charge in [0.25, 0.3) is 0 Å². The van der Waals surface area contributed by atoms with Crippen molar-refractivity contribution in [2.24, 2.45) is 28.6 Å². The van der Waals surface area contributed by atoms with Crippen LogP contribution in [0.25, 0.3) is 0 Å². The van der Waals surface area contributed by atoms with E-state index < -0.39 is 0 Å². The van der Waals surface area contributed by atoms with Crippen LogP contribution in [-0.2, 0) is 9.59 Å². The number of hydrogen-bond acceptors (Lipinski definition) is 4. The topological polar surface area (TPSA) is 34.1 Å². The van der Waals surface area contributed by atoms with Crippen LogP contribution in [0.15, 0.2) is 11.6 Å². The minimum atomic E-state index is -0.0684. The van der Waals surface area contributed by atoms with Gasteiger partial charge in [0.2, 0.25) is 0 Å². The fraction of sp³-hybridized carbons (Fsp3) is 0.810. The van der Waals surface area contributed by atoms with Crippen LogP contribution in [0, 0.1) is 28.6 Å². The van der Waals surface area contributed by atoms with Crippen LogP contribution in [0.2, 0.25) is 0 Å². The molecule has 0 spiro atoms. The van der Waals surface area contributed by atoms with E-state index in [9.17, 15) is 9.59 Å². The molecule has 0 amide bonds. The number of Topliss-reactive ketones (excluding diaryl/α,β-unsaturated/α-hetero) is 1. The highest BCUT2D eigenvalue weighted by molar-refractivity contribution is 7.99. The Kier molecular flexibility index (Phi) is 4.47. The highest BCUT2D eigenvalue weighted by atomic mass is 32.2. The van der Waals surface area contributed by atoms with Crippen LogP contribution in [0.1, 0.15) is 52.4 Å². The molecule has 0 aromatic rings. The molecule has 4 rings (SSSR count). The van der Waals surface area contributed by atoms with Crippen molar-refractivity contribution in [2.45, 2.75) is 62.9 Å². The van der Waals surface area contributed by atoms with Crippen molar-refractivity contribution in [1.29, 1.82) is 0 Å². The lowest BCUT2D eigenvalue weighted by Gasteiger charge is -2.60. The fourth-order valence-electron chi connectivity index (χ4n) is 6.92. The molecule has 0 aromatic heterocycles. The number of thioether (sulfide) groups is 2. The summed E-state index contributed by atoms with van der Waals surface area (Å²) in [6, 6.07) is 0. The summed E-state index contributed by atoms with van der Waals surface area (Å²) in [7, 11) is 0. The van der Waals surface area contributed by atoms with Gasteiger partial charge in [0.1, 0.15) is 5.78 Å². The van der Waals surface area contributed by atoms with Crippen LogP contribution in [0.5, 0.6) is 0 Å². The Morgan fingerprint density at radius 2 is 1.84 bits per heavy atom. The zero-order valence-electron chi connectivity index (χ0n) is 15.8. The van der Waals surface area contributed by atoms with Gasteiger partial charge < -0.3 is 0 Å². The standard InChI is InChI=1S/C21H30O2S2/c1-20-8-7-15-13(14(20)5-6-18(20)23)11-17(24-3)16-9-12(22)10-19(25-4)21(15,16)2/h9,13-15,17,19H,5-8,10-11H2,1-4H3/t13-,14-,15-,17-,19-,20-,21+/m0/s1. The van der Waals surface area contributed by atoms with E-state index >= 15 is 0 Å². The zero-order chi connectivity index (χ0) is 18.0. The zero-order valence-corrected chi connectivity index (χ0v) is 17.5. The van der Waals surface area contributed by atoms with E-state index in [1.807, 2.05) is 29.6 Å². The Bertz CT molecular complexity index is 642. The monoisotopic (exact) mass is 378 g/mol. The Morgan fingerprint density at radius 3 is 2.52 bits per heavy atom. The second kappa shape index (κ2) is 6.15. The van der Waals surface area contributed by atoms with Gasteiger partial charge in [0.05, 0.1) is 0 Å². The molecule has 25 heavy (non-hydrogen) atoms. The van der Waals surface area contributed by atoms with Gasteiger partial charge in [-0.05, 0) is 67.6 Å². The van der Waals surface area contributed by atoms with Gasteiger partial charge in [-0.2, -0.15) is 23.5 Å². The van der Waals surface area contributed by atoms with Gasteiger partial charge >= 0.3 is 0 Å². The first-order chi connectivity index (χ1) is 11.9. The molecule has 4 heteroatoms. The van der Waals surface area contributed by atoms with E-state index in [1.54, 1.807) is 0 Å². The first kappa shape index (κ1) is 18.2. The summed E-state index contributed by atoms with van der Waals surface area (Å²) in [5.41, 5.74) is 1.47. The minimum absolute atomic E-state index is 0.0684. The second-order valence-electron chi connectivity index (χ2n) is 9.03. The van der Waals surface area contributed by atoms with Gasteiger partial charge in [0.15, 0.2) is 5.78 Å². The predicted molar refractivity (Wildman–Crippen MR) is 107 cm³/mol. The maximum Gasteiger partial charge on any atom is 0.156 e. The molecule has 0 bridgehead atoms. The van der Waals surface area contributed by atoms with Crippen LogP contribution < -0.4 is 0 Å². The van der Waals surface area contributed by atoms with E-state index in [4.69, 9.17) is 0 Å². The average molecular weight is 379 g/mol. The molecule has 4 aliphatic rings. The molecular formula is C21H30O2S2. The van der Waals surface area contributed by atoms with E-state index in [2.05, 4.69) is 26.4 Å². The number of hydrogen-bond donors (Lipinski definition) is 0. The lowest BCUT2D eigenvalue weighted by atomic mass is 9.47. The van der Waals surface area contributed by atoms with Gasteiger partial charge in [-0.15, -0.1) is 0 Å². The number of carbonyl (C=O) groups excluding carboxylic acids is 2. The highest BCUT2D eigenvalue weighted by Crippen LogP contribution is 2.66. The molecule has 0 aromatic carbocycles. The Balaban J connectivity index is 1.80. The SMILES string of the molecule is CS[C@H]1C[C@@H]2[C@H](CC[C@]3(C)C(=O)CC[C@@H]23)[C@]2(C)C1=CC(=O)C[C@@H]2SC. The smallest absolute Gasteiger partial charge is 0.156 e. The van der Waals surface area contributed by atoms with Crippen LogP contribution in [-0.4, -0.2) is 34.6 Å². The molecule has 0 unspecified atom stereocenters. The summed E-state index contributed by atoms with van der Waals surface area (Å²) >= 11 is 3.81. The molecule has 3 fully saturated rings. The molecule has 3 saturated carbocycles. The van der Waals surface area contributed by atoms with Gasteiger partial charge in [-0.1, -0.05) is 13.8 Å².